The number of likely N-dealkylation sites (N-methyl/N-ethyl adjacent to an activating group) is 2. The quantitative estimate of drug-likeness (QED) is 0.754. The van der Waals surface area contributed by atoms with Gasteiger partial charge in [0.2, 0.25) is 0 Å². The molecule has 4 heteroatoms. The minimum absolute atomic E-state index is 0.234. The van der Waals surface area contributed by atoms with Crippen molar-refractivity contribution in [2.45, 2.75) is 32.0 Å². The van der Waals surface area contributed by atoms with Crippen LogP contribution in [0.1, 0.15) is 19.8 Å². The average molecular weight is 257 g/mol. The summed E-state index contributed by atoms with van der Waals surface area (Å²) < 4.78 is 14.1. The monoisotopic (exact) mass is 257 g/mol. The van der Waals surface area contributed by atoms with Crippen molar-refractivity contribution in [3.05, 3.63) is 0 Å². The second-order valence-electron chi connectivity index (χ2n) is 6.09. The van der Waals surface area contributed by atoms with E-state index in [-0.39, 0.29) is 5.92 Å². The zero-order valence-corrected chi connectivity index (χ0v) is 12.1. The van der Waals surface area contributed by atoms with E-state index in [2.05, 4.69) is 35.7 Å². The van der Waals surface area contributed by atoms with Crippen molar-refractivity contribution in [1.29, 1.82) is 0 Å². The second kappa shape index (κ2) is 6.31. The van der Waals surface area contributed by atoms with Gasteiger partial charge in [-0.25, -0.2) is 4.39 Å². The maximum Gasteiger partial charge on any atom is 0.105 e. The molecule has 2 aliphatic rings. The fraction of sp³-hybridized carbons (Fsp3) is 1.00. The van der Waals surface area contributed by atoms with Crippen LogP contribution in [-0.2, 0) is 0 Å². The summed E-state index contributed by atoms with van der Waals surface area (Å²) in [7, 11) is 4.36. The fourth-order valence-electron chi connectivity index (χ4n) is 3.29. The van der Waals surface area contributed by atoms with Crippen LogP contribution < -0.4 is 0 Å². The highest BCUT2D eigenvalue weighted by Crippen LogP contribution is 2.26. The molecule has 3 nitrogen and oxygen atoms in total. The van der Waals surface area contributed by atoms with Crippen molar-refractivity contribution in [2.24, 2.45) is 5.92 Å². The van der Waals surface area contributed by atoms with Gasteiger partial charge in [0.05, 0.1) is 0 Å². The van der Waals surface area contributed by atoms with Gasteiger partial charge in [0, 0.05) is 44.7 Å². The molecule has 106 valence electrons. The minimum Gasteiger partial charge on any atom is -0.304 e. The predicted molar refractivity (Wildman–Crippen MR) is 73.6 cm³/mol. The van der Waals surface area contributed by atoms with Gasteiger partial charge < -0.3 is 14.7 Å². The zero-order valence-electron chi connectivity index (χ0n) is 12.1. The zero-order chi connectivity index (χ0) is 13.1. The molecule has 0 aromatic heterocycles. The van der Waals surface area contributed by atoms with Crippen molar-refractivity contribution < 1.29 is 4.39 Å². The lowest BCUT2D eigenvalue weighted by Crippen LogP contribution is -2.52. The Kier molecular flexibility index (Phi) is 4.98. The first-order chi connectivity index (χ1) is 8.60. The summed E-state index contributed by atoms with van der Waals surface area (Å²) in [6.07, 6.45) is 1.15. The number of piperazine rings is 1. The molecule has 3 atom stereocenters. The van der Waals surface area contributed by atoms with Gasteiger partial charge in [0.25, 0.3) is 0 Å². The summed E-state index contributed by atoms with van der Waals surface area (Å²) in [4.78, 5) is 7.18. The molecule has 0 aliphatic carbocycles. The lowest BCUT2D eigenvalue weighted by Gasteiger charge is -2.42. The molecule has 2 saturated heterocycles. The summed E-state index contributed by atoms with van der Waals surface area (Å²) in [6.45, 7) is 8.46. The van der Waals surface area contributed by atoms with Crippen LogP contribution in [0.5, 0.6) is 0 Å². The molecule has 2 rings (SSSR count). The fourth-order valence-corrected chi connectivity index (χ4v) is 3.29. The molecule has 0 amide bonds. The van der Waals surface area contributed by atoms with Gasteiger partial charge in [0.1, 0.15) is 6.17 Å². The van der Waals surface area contributed by atoms with Gasteiger partial charge in [-0.3, -0.25) is 0 Å². The predicted octanol–water partition coefficient (Wildman–Crippen LogP) is 1.30. The largest absolute Gasteiger partial charge is 0.304 e. The van der Waals surface area contributed by atoms with E-state index >= 15 is 0 Å². The normalized spacial score (nSPS) is 37.0. The maximum atomic E-state index is 14.1. The first-order valence-corrected chi connectivity index (χ1v) is 7.35. The van der Waals surface area contributed by atoms with Crippen LogP contribution in [0.4, 0.5) is 4.39 Å². The molecule has 2 aliphatic heterocycles. The Morgan fingerprint density at radius 1 is 1.11 bits per heavy atom. The van der Waals surface area contributed by atoms with E-state index in [4.69, 9.17) is 0 Å². The van der Waals surface area contributed by atoms with Crippen molar-refractivity contribution in [3.8, 4) is 0 Å². The van der Waals surface area contributed by atoms with Crippen LogP contribution in [0, 0.1) is 5.92 Å². The molecule has 2 fully saturated rings. The molecule has 0 N–H and O–H groups in total. The number of halogens is 1. The van der Waals surface area contributed by atoms with E-state index in [1.165, 1.54) is 0 Å². The van der Waals surface area contributed by atoms with E-state index in [1.54, 1.807) is 0 Å². The molecular formula is C14H28FN3. The number of hydrogen-bond donors (Lipinski definition) is 0. The number of piperidine rings is 1. The number of hydrogen-bond acceptors (Lipinski definition) is 3. The second-order valence-corrected chi connectivity index (χ2v) is 6.09. The van der Waals surface area contributed by atoms with Crippen LogP contribution >= 0.6 is 0 Å². The minimum atomic E-state index is -0.589. The third kappa shape index (κ3) is 3.43. The van der Waals surface area contributed by atoms with Crippen molar-refractivity contribution >= 4 is 0 Å². The number of likely N-dealkylation sites (tertiary alicyclic amines) is 1. The third-order valence-corrected chi connectivity index (χ3v) is 4.73. The molecule has 0 aromatic carbocycles. The summed E-state index contributed by atoms with van der Waals surface area (Å²) >= 11 is 0. The maximum absolute atomic E-state index is 14.1. The first-order valence-electron chi connectivity index (χ1n) is 7.35. The van der Waals surface area contributed by atoms with Gasteiger partial charge >= 0.3 is 0 Å². The van der Waals surface area contributed by atoms with Gasteiger partial charge in [0.15, 0.2) is 0 Å². The smallest absolute Gasteiger partial charge is 0.105 e. The first kappa shape index (κ1) is 14.2. The van der Waals surface area contributed by atoms with Crippen molar-refractivity contribution in [3.63, 3.8) is 0 Å². The molecule has 0 aromatic rings. The summed E-state index contributed by atoms with van der Waals surface area (Å²) in [5.41, 5.74) is 0. The lowest BCUT2D eigenvalue weighted by atomic mass is 9.88. The highest BCUT2D eigenvalue weighted by molar-refractivity contribution is 4.87. The lowest BCUT2D eigenvalue weighted by molar-refractivity contribution is 0.0422. The van der Waals surface area contributed by atoms with Gasteiger partial charge in [-0.1, -0.05) is 6.92 Å². The number of alkyl halides is 1. The summed E-state index contributed by atoms with van der Waals surface area (Å²) in [5, 5.41) is 0. The van der Waals surface area contributed by atoms with Gasteiger partial charge in [-0.2, -0.15) is 0 Å². The van der Waals surface area contributed by atoms with Crippen LogP contribution in [-0.4, -0.2) is 80.3 Å². The van der Waals surface area contributed by atoms with Crippen LogP contribution in [0.25, 0.3) is 0 Å². The van der Waals surface area contributed by atoms with Crippen molar-refractivity contribution in [2.75, 3.05) is 53.4 Å². The van der Waals surface area contributed by atoms with Crippen LogP contribution in [0.15, 0.2) is 0 Å². The van der Waals surface area contributed by atoms with Crippen molar-refractivity contribution in [1.82, 2.24) is 14.7 Å². The summed E-state index contributed by atoms with van der Waals surface area (Å²) in [5.74, 6) is 0.234. The summed E-state index contributed by atoms with van der Waals surface area (Å²) in [6, 6.07) is 0.531. The number of rotatable bonds is 3. The highest BCUT2D eigenvalue weighted by Gasteiger charge is 2.33. The molecule has 18 heavy (non-hydrogen) atoms. The molecule has 3 unspecified atom stereocenters. The molecule has 0 saturated carbocycles. The van der Waals surface area contributed by atoms with E-state index < -0.39 is 6.17 Å². The Morgan fingerprint density at radius 2 is 1.89 bits per heavy atom. The Labute approximate surface area is 111 Å². The molecular weight excluding hydrogens is 229 g/mol. The Bertz CT molecular complexity index is 261. The molecule has 0 bridgehead atoms. The van der Waals surface area contributed by atoms with E-state index in [0.29, 0.717) is 6.04 Å². The van der Waals surface area contributed by atoms with Gasteiger partial charge in [-0.15, -0.1) is 0 Å². The highest BCUT2D eigenvalue weighted by atomic mass is 19.1. The van der Waals surface area contributed by atoms with Crippen LogP contribution in [0.3, 0.4) is 0 Å². The standard InChI is InChI=1S/C14H28FN3/c1-4-18-6-5-14(15)12(10-18)9-13-11-16(2)7-8-17(13)3/h12-14H,4-11H2,1-3H3. The number of nitrogens with zero attached hydrogens (tertiary/aromatic N) is 3. The third-order valence-electron chi connectivity index (χ3n) is 4.73. The molecule has 2 heterocycles. The average Bonchev–Trinajstić information content (AvgIpc) is 2.36. The Hall–Kier alpha value is -0.190. The van der Waals surface area contributed by atoms with E-state index in [0.717, 1.165) is 52.1 Å². The van der Waals surface area contributed by atoms with Gasteiger partial charge in [-0.05, 0) is 33.5 Å². The molecule has 0 spiro atoms. The molecule has 0 radical (unpaired) electrons. The Balaban J connectivity index is 1.89. The Morgan fingerprint density at radius 3 is 2.61 bits per heavy atom. The van der Waals surface area contributed by atoms with E-state index in [9.17, 15) is 4.39 Å². The topological polar surface area (TPSA) is 9.72 Å². The SMILES string of the molecule is CCN1CCC(F)C(CC2CN(C)CCN2C)C1. The van der Waals surface area contributed by atoms with E-state index in [1.807, 2.05) is 0 Å². The van der Waals surface area contributed by atoms with Crippen LogP contribution in [0.2, 0.25) is 0 Å².